The Morgan fingerprint density at radius 2 is 2.21 bits per heavy atom. The van der Waals surface area contributed by atoms with Crippen molar-refractivity contribution in [2.24, 2.45) is 0 Å². The number of benzene rings is 1. The third kappa shape index (κ3) is 2.97. The highest BCUT2D eigenvalue weighted by atomic mass is 79.9. The zero-order chi connectivity index (χ0) is 14.2. The van der Waals surface area contributed by atoms with Gasteiger partial charge in [-0.3, -0.25) is 4.79 Å². The summed E-state index contributed by atoms with van der Waals surface area (Å²) in [5, 5.41) is 11.6. The minimum atomic E-state index is -3.74. The zero-order valence-electron chi connectivity index (χ0n) is 10.1. The number of carbonyl (C=O) groups is 1. The highest BCUT2D eigenvalue weighted by Gasteiger charge is 2.25. The lowest BCUT2D eigenvalue weighted by Crippen LogP contribution is -2.35. The van der Waals surface area contributed by atoms with E-state index in [1.165, 1.54) is 6.07 Å². The number of hydrogen-bond acceptors (Lipinski definition) is 4. The molecular formula is C11H13BrN2O4S. The lowest BCUT2D eigenvalue weighted by molar-refractivity contribution is -0.115. The van der Waals surface area contributed by atoms with E-state index in [1.54, 1.807) is 13.0 Å². The summed E-state index contributed by atoms with van der Waals surface area (Å²) in [4.78, 5) is 11.3. The highest BCUT2D eigenvalue weighted by Crippen LogP contribution is 2.32. The minimum Gasteiger partial charge on any atom is -0.395 e. The summed E-state index contributed by atoms with van der Waals surface area (Å²) in [5.74, 6) is -0.159. The second kappa shape index (κ2) is 5.20. The van der Waals surface area contributed by atoms with Crippen LogP contribution in [0.3, 0.4) is 0 Å². The van der Waals surface area contributed by atoms with Gasteiger partial charge in [-0.15, -0.1) is 0 Å². The van der Waals surface area contributed by atoms with Gasteiger partial charge in [0.1, 0.15) is 0 Å². The number of carbonyl (C=O) groups excluding carboxylic acids is 1. The Hall–Kier alpha value is -0.960. The minimum absolute atomic E-state index is 0.0584. The topological polar surface area (TPSA) is 95.5 Å². The van der Waals surface area contributed by atoms with Crippen molar-refractivity contribution >= 4 is 37.5 Å². The summed E-state index contributed by atoms with van der Waals surface area (Å²) >= 11 is 3.18. The van der Waals surface area contributed by atoms with E-state index in [9.17, 15) is 13.2 Å². The molecule has 1 aromatic rings. The van der Waals surface area contributed by atoms with Crippen LogP contribution in [-0.4, -0.2) is 32.1 Å². The molecule has 1 atom stereocenters. The van der Waals surface area contributed by atoms with Gasteiger partial charge in [0.25, 0.3) is 0 Å². The molecule has 6 nitrogen and oxygen atoms in total. The molecule has 2 rings (SSSR count). The molecule has 3 N–H and O–H groups in total. The molecule has 0 bridgehead atoms. The maximum atomic E-state index is 12.1. The number of sulfonamides is 1. The molecule has 104 valence electrons. The van der Waals surface area contributed by atoms with Crippen LogP contribution in [0, 0.1) is 0 Å². The predicted molar refractivity (Wildman–Crippen MR) is 73.3 cm³/mol. The third-order valence-electron chi connectivity index (χ3n) is 2.70. The van der Waals surface area contributed by atoms with Crippen LogP contribution in [0.25, 0.3) is 0 Å². The van der Waals surface area contributed by atoms with Crippen molar-refractivity contribution in [2.75, 3.05) is 11.9 Å². The second-order valence-electron chi connectivity index (χ2n) is 4.37. The van der Waals surface area contributed by atoms with Crippen LogP contribution < -0.4 is 10.0 Å². The van der Waals surface area contributed by atoms with Crippen LogP contribution >= 0.6 is 15.9 Å². The average Bonchev–Trinajstić information content (AvgIpc) is 2.66. The maximum absolute atomic E-state index is 12.1. The molecule has 0 saturated carbocycles. The van der Waals surface area contributed by atoms with E-state index in [2.05, 4.69) is 26.0 Å². The monoisotopic (exact) mass is 348 g/mol. The van der Waals surface area contributed by atoms with Gasteiger partial charge in [-0.25, -0.2) is 13.1 Å². The number of halogens is 1. The van der Waals surface area contributed by atoms with E-state index < -0.39 is 16.1 Å². The van der Waals surface area contributed by atoms with Crippen molar-refractivity contribution in [1.82, 2.24) is 4.72 Å². The summed E-state index contributed by atoms with van der Waals surface area (Å²) in [7, 11) is -3.74. The molecule has 19 heavy (non-hydrogen) atoms. The average molecular weight is 349 g/mol. The van der Waals surface area contributed by atoms with Crippen molar-refractivity contribution in [1.29, 1.82) is 0 Å². The van der Waals surface area contributed by atoms with Gasteiger partial charge in [-0.05, 0) is 40.5 Å². The Morgan fingerprint density at radius 3 is 2.84 bits per heavy atom. The Bertz CT molecular complexity index is 630. The van der Waals surface area contributed by atoms with Crippen LogP contribution in [0.15, 0.2) is 21.5 Å². The summed E-state index contributed by atoms with van der Waals surface area (Å²) in [6.07, 6.45) is 0.167. The fraction of sp³-hybridized carbons (Fsp3) is 0.364. The molecule has 1 amide bonds. The Labute approximate surface area is 119 Å². The van der Waals surface area contributed by atoms with Gasteiger partial charge in [0.15, 0.2) is 0 Å². The van der Waals surface area contributed by atoms with E-state index >= 15 is 0 Å². The second-order valence-corrected chi connectivity index (χ2v) is 6.91. The fourth-order valence-electron chi connectivity index (χ4n) is 1.80. The van der Waals surface area contributed by atoms with Crippen LogP contribution in [-0.2, 0) is 21.2 Å². The molecule has 0 aromatic heterocycles. The summed E-state index contributed by atoms with van der Waals surface area (Å²) in [6, 6.07) is 2.45. The van der Waals surface area contributed by atoms with E-state index in [4.69, 9.17) is 5.11 Å². The van der Waals surface area contributed by atoms with Gasteiger partial charge in [-0.2, -0.15) is 0 Å². The van der Waals surface area contributed by atoms with Crippen molar-refractivity contribution in [3.8, 4) is 0 Å². The Kier molecular flexibility index (Phi) is 3.95. The maximum Gasteiger partial charge on any atom is 0.242 e. The predicted octanol–water partition coefficient (Wildman–Crippen LogP) is 0.603. The van der Waals surface area contributed by atoms with Crippen LogP contribution in [0.2, 0.25) is 0 Å². The van der Waals surface area contributed by atoms with Gasteiger partial charge in [0.05, 0.1) is 17.9 Å². The quantitative estimate of drug-likeness (QED) is 0.742. The van der Waals surface area contributed by atoms with Crippen molar-refractivity contribution in [2.45, 2.75) is 24.3 Å². The smallest absolute Gasteiger partial charge is 0.242 e. The first kappa shape index (κ1) is 14.4. The largest absolute Gasteiger partial charge is 0.395 e. The van der Waals surface area contributed by atoms with Crippen molar-refractivity contribution < 1.29 is 18.3 Å². The van der Waals surface area contributed by atoms with Gasteiger partial charge in [0, 0.05) is 16.2 Å². The molecule has 0 saturated heterocycles. The normalized spacial score (nSPS) is 16.1. The van der Waals surface area contributed by atoms with E-state index in [1.807, 2.05) is 0 Å². The summed E-state index contributed by atoms with van der Waals surface area (Å²) in [5.41, 5.74) is 1.26. The number of fused-ring (bicyclic) bond motifs is 1. The van der Waals surface area contributed by atoms with Gasteiger partial charge >= 0.3 is 0 Å². The third-order valence-corrected chi connectivity index (χ3v) is 5.25. The lowest BCUT2D eigenvalue weighted by atomic mass is 10.2. The molecule has 0 radical (unpaired) electrons. The number of anilines is 1. The molecule has 1 aliphatic rings. The zero-order valence-corrected chi connectivity index (χ0v) is 12.5. The number of aliphatic hydroxyl groups excluding tert-OH is 1. The van der Waals surface area contributed by atoms with E-state index in [0.717, 1.165) is 0 Å². The molecule has 1 aromatic carbocycles. The number of nitrogens with one attached hydrogen (secondary N) is 2. The van der Waals surface area contributed by atoms with Gasteiger partial charge in [0.2, 0.25) is 15.9 Å². The van der Waals surface area contributed by atoms with E-state index in [0.29, 0.717) is 15.7 Å². The van der Waals surface area contributed by atoms with Crippen LogP contribution in [0.5, 0.6) is 0 Å². The standard InChI is InChI=1S/C11H13BrN2O4S/c1-6(5-15)14-19(17,18)10-2-7-3-11(16)13-9(7)4-8(10)12/h2,4,6,14-15H,3,5H2,1H3,(H,13,16)/t6-/m1/s1. The molecule has 1 aliphatic heterocycles. The number of hydrogen-bond donors (Lipinski definition) is 3. The molecular weight excluding hydrogens is 336 g/mol. The first-order valence-corrected chi connectivity index (χ1v) is 7.86. The van der Waals surface area contributed by atoms with Crippen molar-refractivity contribution in [3.63, 3.8) is 0 Å². The highest BCUT2D eigenvalue weighted by molar-refractivity contribution is 9.10. The molecule has 0 spiro atoms. The number of rotatable bonds is 4. The summed E-state index contributed by atoms with van der Waals surface area (Å²) in [6.45, 7) is 1.27. The fourth-order valence-corrected chi connectivity index (χ4v) is 4.12. The van der Waals surface area contributed by atoms with Crippen LogP contribution in [0.1, 0.15) is 12.5 Å². The Balaban J connectivity index is 2.41. The molecule has 8 heteroatoms. The summed E-state index contributed by atoms with van der Waals surface area (Å²) < 4.78 is 27.0. The van der Waals surface area contributed by atoms with Gasteiger partial charge < -0.3 is 10.4 Å². The van der Waals surface area contributed by atoms with Crippen molar-refractivity contribution in [3.05, 3.63) is 22.2 Å². The molecule has 1 heterocycles. The SMILES string of the molecule is C[C@H](CO)NS(=O)(=O)c1cc2c(cc1Br)NC(=O)C2. The van der Waals surface area contributed by atoms with E-state index in [-0.39, 0.29) is 23.8 Å². The van der Waals surface area contributed by atoms with Gasteiger partial charge in [-0.1, -0.05) is 0 Å². The molecule has 0 aliphatic carbocycles. The first-order valence-electron chi connectivity index (χ1n) is 5.59. The number of amides is 1. The number of aliphatic hydroxyl groups is 1. The van der Waals surface area contributed by atoms with Crippen LogP contribution in [0.4, 0.5) is 5.69 Å². The Morgan fingerprint density at radius 1 is 1.53 bits per heavy atom. The molecule has 0 unspecified atom stereocenters. The lowest BCUT2D eigenvalue weighted by Gasteiger charge is -2.13. The molecule has 0 fully saturated rings. The first-order chi connectivity index (χ1) is 8.83.